The van der Waals surface area contributed by atoms with E-state index >= 15 is 0 Å². The van der Waals surface area contributed by atoms with Gasteiger partial charge in [-0.1, -0.05) is 36.9 Å². The second-order valence-electron chi connectivity index (χ2n) is 4.88. The first-order valence-electron chi connectivity index (χ1n) is 6.44. The number of carbonyl (C=O) groups is 1. The van der Waals surface area contributed by atoms with E-state index in [-0.39, 0.29) is 5.91 Å². The van der Waals surface area contributed by atoms with Crippen molar-refractivity contribution in [1.29, 1.82) is 0 Å². The molecule has 1 saturated heterocycles. The van der Waals surface area contributed by atoms with Crippen LogP contribution in [0.4, 0.5) is 0 Å². The van der Waals surface area contributed by atoms with E-state index in [0.717, 1.165) is 18.8 Å². The van der Waals surface area contributed by atoms with Gasteiger partial charge in [-0.3, -0.25) is 9.69 Å². The van der Waals surface area contributed by atoms with Crippen molar-refractivity contribution in [2.45, 2.75) is 12.6 Å². The number of nitrogens with one attached hydrogen (secondary N) is 1. The van der Waals surface area contributed by atoms with Crippen LogP contribution in [0, 0.1) is 0 Å². The highest BCUT2D eigenvalue weighted by atomic mass is 16.5. The third kappa shape index (κ3) is 3.91. The van der Waals surface area contributed by atoms with Gasteiger partial charge in [0.1, 0.15) is 0 Å². The van der Waals surface area contributed by atoms with Gasteiger partial charge in [-0.2, -0.15) is 0 Å². The SMILES string of the molecule is C=C(CN(C)C1COC1)C(=O)NCc1ccccc1. The minimum atomic E-state index is -0.0871. The lowest BCUT2D eigenvalue weighted by atomic mass is 10.2. The minimum absolute atomic E-state index is 0.0871. The first-order valence-corrected chi connectivity index (χ1v) is 6.44. The molecule has 0 aliphatic carbocycles. The average molecular weight is 260 g/mol. The Morgan fingerprint density at radius 1 is 1.42 bits per heavy atom. The smallest absolute Gasteiger partial charge is 0.248 e. The fourth-order valence-electron chi connectivity index (χ4n) is 1.88. The molecule has 0 radical (unpaired) electrons. The van der Waals surface area contributed by atoms with Gasteiger partial charge in [0.05, 0.1) is 19.3 Å². The monoisotopic (exact) mass is 260 g/mol. The molecule has 1 heterocycles. The zero-order valence-electron chi connectivity index (χ0n) is 11.3. The van der Waals surface area contributed by atoms with Gasteiger partial charge in [0.2, 0.25) is 5.91 Å². The van der Waals surface area contributed by atoms with Crippen LogP contribution in [0.3, 0.4) is 0 Å². The summed E-state index contributed by atoms with van der Waals surface area (Å²) in [4.78, 5) is 14.0. The Balaban J connectivity index is 1.74. The van der Waals surface area contributed by atoms with Crippen LogP contribution in [-0.4, -0.2) is 43.7 Å². The van der Waals surface area contributed by atoms with Gasteiger partial charge in [0, 0.05) is 18.7 Å². The number of ether oxygens (including phenoxy) is 1. The van der Waals surface area contributed by atoms with Gasteiger partial charge in [0.25, 0.3) is 0 Å². The summed E-state index contributed by atoms with van der Waals surface area (Å²) in [6.45, 7) is 6.46. The number of likely N-dealkylation sites (N-methyl/N-ethyl adjacent to an activating group) is 1. The number of carbonyl (C=O) groups excluding carboxylic acids is 1. The van der Waals surface area contributed by atoms with Gasteiger partial charge >= 0.3 is 0 Å². The van der Waals surface area contributed by atoms with Crippen LogP contribution in [0.5, 0.6) is 0 Å². The van der Waals surface area contributed by atoms with E-state index < -0.39 is 0 Å². The molecule has 4 heteroatoms. The summed E-state index contributed by atoms with van der Waals surface area (Å²) >= 11 is 0. The molecule has 1 N–H and O–H groups in total. The van der Waals surface area contributed by atoms with E-state index in [9.17, 15) is 4.79 Å². The van der Waals surface area contributed by atoms with Crippen LogP contribution in [-0.2, 0) is 16.1 Å². The lowest BCUT2D eigenvalue weighted by Crippen LogP contribution is -2.48. The summed E-state index contributed by atoms with van der Waals surface area (Å²) in [6, 6.07) is 10.3. The zero-order valence-corrected chi connectivity index (χ0v) is 11.3. The summed E-state index contributed by atoms with van der Waals surface area (Å²) in [5.41, 5.74) is 1.68. The Kier molecular flexibility index (Phi) is 4.71. The summed E-state index contributed by atoms with van der Waals surface area (Å²) in [7, 11) is 1.99. The summed E-state index contributed by atoms with van der Waals surface area (Å²) in [5, 5.41) is 2.88. The predicted molar refractivity (Wildman–Crippen MR) is 74.7 cm³/mol. The Morgan fingerprint density at radius 3 is 2.68 bits per heavy atom. The molecular weight excluding hydrogens is 240 g/mol. The summed E-state index contributed by atoms with van der Waals surface area (Å²) in [6.07, 6.45) is 0. The van der Waals surface area contributed by atoms with Gasteiger partial charge in [-0.25, -0.2) is 0 Å². The van der Waals surface area contributed by atoms with Gasteiger partial charge in [-0.05, 0) is 12.6 Å². The van der Waals surface area contributed by atoms with E-state index in [4.69, 9.17) is 4.74 Å². The third-order valence-corrected chi connectivity index (χ3v) is 3.30. The molecule has 0 atom stereocenters. The standard InChI is InChI=1S/C15H20N2O2/c1-12(9-17(2)14-10-19-11-14)15(18)16-8-13-6-4-3-5-7-13/h3-7,14H,1,8-11H2,2H3,(H,16,18). The second-order valence-corrected chi connectivity index (χ2v) is 4.88. The number of hydrogen-bond donors (Lipinski definition) is 1. The van der Waals surface area contributed by atoms with Crippen LogP contribution in [0.25, 0.3) is 0 Å². The molecule has 102 valence electrons. The highest BCUT2D eigenvalue weighted by Crippen LogP contribution is 2.09. The number of hydrogen-bond acceptors (Lipinski definition) is 3. The lowest BCUT2D eigenvalue weighted by molar-refractivity contribution is -0.118. The van der Waals surface area contributed by atoms with Crippen LogP contribution < -0.4 is 5.32 Å². The zero-order chi connectivity index (χ0) is 13.7. The normalized spacial score (nSPS) is 15.1. The molecular formula is C15H20N2O2. The van der Waals surface area contributed by atoms with Crippen molar-refractivity contribution in [3.05, 3.63) is 48.0 Å². The van der Waals surface area contributed by atoms with Crippen molar-refractivity contribution in [3.8, 4) is 0 Å². The number of amides is 1. The maximum absolute atomic E-state index is 11.9. The van der Waals surface area contributed by atoms with Crippen molar-refractivity contribution in [2.24, 2.45) is 0 Å². The Morgan fingerprint density at radius 2 is 2.11 bits per heavy atom. The molecule has 0 bridgehead atoms. The molecule has 1 aliphatic heterocycles. The quantitative estimate of drug-likeness (QED) is 0.781. The van der Waals surface area contributed by atoms with Gasteiger partial charge < -0.3 is 10.1 Å². The Bertz CT molecular complexity index is 441. The molecule has 0 spiro atoms. The molecule has 1 fully saturated rings. The fraction of sp³-hybridized carbons (Fsp3) is 0.400. The lowest BCUT2D eigenvalue weighted by Gasteiger charge is -2.34. The van der Waals surface area contributed by atoms with E-state index in [0.29, 0.717) is 24.7 Å². The van der Waals surface area contributed by atoms with E-state index in [1.165, 1.54) is 0 Å². The van der Waals surface area contributed by atoms with Crippen molar-refractivity contribution in [2.75, 3.05) is 26.8 Å². The topological polar surface area (TPSA) is 41.6 Å². The largest absolute Gasteiger partial charge is 0.378 e. The molecule has 1 aromatic rings. The molecule has 1 aliphatic rings. The number of nitrogens with zero attached hydrogens (tertiary/aromatic N) is 1. The van der Waals surface area contributed by atoms with Crippen LogP contribution in [0.1, 0.15) is 5.56 Å². The van der Waals surface area contributed by atoms with E-state index in [2.05, 4.69) is 16.8 Å². The minimum Gasteiger partial charge on any atom is -0.378 e. The molecule has 1 aromatic carbocycles. The van der Waals surface area contributed by atoms with Crippen LogP contribution in [0.2, 0.25) is 0 Å². The fourth-order valence-corrected chi connectivity index (χ4v) is 1.88. The molecule has 0 aromatic heterocycles. The van der Waals surface area contributed by atoms with E-state index in [1.54, 1.807) is 0 Å². The first-order chi connectivity index (χ1) is 9.16. The summed E-state index contributed by atoms with van der Waals surface area (Å²) in [5.74, 6) is -0.0871. The number of benzene rings is 1. The van der Waals surface area contributed by atoms with E-state index in [1.807, 2.05) is 37.4 Å². The molecule has 2 rings (SSSR count). The molecule has 0 unspecified atom stereocenters. The van der Waals surface area contributed by atoms with Crippen LogP contribution >= 0.6 is 0 Å². The second kappa shape index (κ2) is 6.50. The highest BCUT2D eigenvalue weighted by Gasteiger charge is 2.24. The number of rotatable bonds is 6. The van der Waals surface area contributed by atoms with Crippen molar-refractivity contribution < 1.29 is 9.53 Å². The van der Waals surface area contributed by atoms with Gasteiger partial charge in [-0.15, -0.1) is 0 Å². The molecule has 4 nitrogen and oxygen atoms in total. The maximum Gasteiger partial charge on any atom is 0.248 e. The molecule has 19 heavy (non-hydrogen) atoms. The van der Waals surface area contributed by atoms with Crippen molar-refractivity contribution >= 4 is 5.91 Å². The highest BCUT2D eigenvalue weighted by molar-refractivity contribution is 5.93. The first kappa shape index (κ1) is 13.8. The third-order valence-electron chi connectivity index (χ3n) is 3.30. The Labute approximate surface area is 114 Å². The van der Waals surface area contributed by atoms with Crippen molar-refractivity contribution in [1.82, 2.24) is 10.2 Å². The van der Waals surface area contributed by atoms with Gasteiger partial charge in [0.15, 0.2) is 0 Å². The van der Waals surface area contributed by atoms with Crippen LogP contribution in [0.15, 0.2) is 42.5 Å². The van der Waals surface area contributed by atoms with Crippen molar-refractivity contribution in [3.63, 3.8) is 0 Å². The maximum atomic E-state index is 11.9. The molecule has 1 amide bonds. The summed E-state index contributed by atoms with van der Waals surface area (Å²) < 4.78 is 5.13. The Hall–Kier alpha value is -1.65. The predicted octanol–water partition coefficient (Wildman–Crippen LogP) is 1.19. The molecule has 0 saturated carbocycles. The average Bonchev–Trinajstić information content (AvgIpc) is 2.34.